The third-order valence-electron chi connectivity index (χ3n) is 4.64. The maximum Gasteiger partial charge on any atom is 0.277 e. The smallest absolute Gasteiger partial charge is 0.277 e. The van der Waals surface area contributed by atoms with Gasteiger partial charge in [0.15, 0.2) is 0 Å². The predicted molar refractivity (Wildman–Crippen MR) is 103 cm³/mol. The van der Waals surface area contributed by atoms with Gasteiger partial charge in [0.25, 0.3) is 5.22 Å². The number of nitrogens with zero attached hydrogens (tertiary/aromatic N) is 2. The van der Waals surface area contributed by atoms with Crippen LogP contribution in [0.2, 0.25) is 0 Å². The fourth-order valence-corrected chi connectivity index (χ4v) is 3.74. The first-order chi connectivity index (χ1) is 13.2. The summed E-state index contributed by atoms with van der Waals surface area (Å²) in [5.74, 6) is 2.50. The van der Waals surface area contributed by atoms with Crippen molar-refractivity contribution in [1.29, 1.82) is 0 Å². The van der Waals surface area contributed by atoms with Crippen LogP contribution in [-0.2, 0) is 4.79 Å². The lowest BCUT2D eigenvalue weighted by Crippen LogP contribution is -2.31. The minimum atomic E-state index is -0.00614. The quantitative estimate of drug-likeness (QED) is 0.689. The lowest BCUT2D eigenvalue weighted by Gasteiger charge is -2.21. The zero-order valence-corrected chi connectivity index (χ0v) is 16.5. The summed E-state index contributed by atoms with van der Waals surface area (Å²) in [7, 11) is 3.17. The molecule has 1 heterocycles. The average molecular weight is 391 g/mol. The number of thioether (sulfide) groups is 1. The van der Waals surface area contributed by atoms with Crippen LogP contribution in [0.4, 0.5) is 0 Å². The molecule has 0 unspecified atom stereocenters. The molecule has 1 N–H and O–H groups in total. The lowest BCUT2D eigenvalue weighted by molar-refractivity contribution is -0.118. The predicted octanol–water partition coefficient (Wildman–Crippen LogP) is 3.54. The average Bonchev–Trinajstić information content (AvgIpc) is 3.20. The van der Waals surface area contributed by atoms with Gasteiger partial charge in [-0.3, -0.25) is 4.79 Å². The number of rotatable bonds is 8. The summed E-state index contributed by atoms with van der Waals surface area (Å²) in [4.78, 5) is 12.0. The molecule has 1 aliphatic carbocycles. The first kappa shape index (κ1) is 19.5. The molecule has 0 bridgehead atoms. The molecule has 1 aliphatic rings. The van der Waals surface area contributed by atoms with Crippen LogP contribution < -0.4 is 14.8 Å². The molecule has 8 heteroatoms. The molecule has 1 aromatic carbocycles. The van der Waals surface area contributed by atoms with Crippen LogP contribution in [0.1, 0.15) is 32.1 Å². The zero-order valence-electron chi connectivity index (χ0n) is 15.7. The van der Waals surface area contributed by atoms with Gasteiger partial charge in [0.05, 0.1) is 20.0 Å². The molecule has 146 valence electrons. The number of nitrogens with one attached hydrogen (secondary N) is 1. The molecular weight excluding hydrogens is 366 g/mol. The first-order valence-corrected chi connectivity index (χ1v) is 10.1. The highest BCUT2D eigenvalue weighted by Gasteiger charge is 2.16. The second-order valence-corrected chi connectivity index (χ2v) is 7.50. The van der Waals surface area contributed by atoms with E-state index in [1.54, 1.807) is 32.4 Å². The molecule has 2 aromatic rings. The number of hydrogen-bond acceptors (Lipinski definition) is 7. The van der Waals surface area contributed by atoms with Crippen molar-refractivity contribution in [3.63, 3.8) is 0 Å². The standard InChI is InChI=1S/C19H25N3O4S/c1-24-15-8-14(9-16(10-15)25-2)18-21-22-19(26-18)27-12-17(23)20-11-13-6-4-3-5-7-13/h8-10,13H,3-7,11-12H2,1-2H3,(H,20,23). The Morgan fingerprint density at radius 1 is 1.15 bits per heavy atom. The Morgan fingerprint density at radius 2 is 1.85 bits per heavy atom. The second-order valence-electron chi connectivity index (χ2n) is 6.57. The van der Waals surface area contributed by atoms with Crippen molar-refractivity contribution >= 4 is 17.7 Å². The van der Waals surface area contributed by atoms with Gasteiger partial charge < -0.3 is 19.2 Å². The van der Waals surface area contributed by atoms with E-state index < -0.39 is 0 Å². The normalized spacial score (nSPS) is 14.7. The van der Waals surface area contributed by atoms with Gasteiger partial charge in [0.2, 0.25) is 11.8 Å². The molecule has 27 heavy (non-hydrogen) atoms. The van der Waals surface area contributed by atoms with Crippen LogP contribution in [0, 0.1) is 5.92 Å². The van der Waals surface area contributed by atoms with Gasteiger partial charge >= 0.3 is 0 Å². The number of methoxy groups -OCH3 is 2. The van der Waals surface area contributed by atoms with Crippen molar-refractivity contribution in [2.45, 2.75) is 37.3 Å². The Labute approximate surface area is 163 Å². The van der Waals surface area contributed by atoms with Crippen LogP contribution in [0.15, 0.2) is 27.8 Å². The van der Waals surface area contributed by atoms with E-state index in [1.807, 2.05) is 0 Å². The fraction of sp³-hybridized carbons (Fsp3) is 0.526. The zero-order chi connectivity index (χ0) is 19.1. The third-order valence-corrected chi connectivity index (χ3v) is 5.46. The van der Waals surface area contributed by atoms with E-state index in [0.29, 0.717) is 34.1 Å². The molecule has 0 radical (unpaired) electrons. The Balaban J connectivity index is 1.52. The summed E-state index contributed by atoms with van der Waals surface area (Å²) in [6.45, 7) is 0.762. The summed E-state index contributed by atoms with van der Waals surface area (Å²) in [5, 5.41) is 11.4. The van der Waals surface area contributed by atoms with Crippen molar-refractivity contribution in [3.05, 3.63) is 18.2 Å². The van der Waals surface area contributed by atoms with Crippen LogP contribution in [0.5, 0.6) is 11.5 Å². The lowest BCUT2D eigenvalue weighted by atomic mass is 9.89. The van der Waals surface area contributed by atoms with Gasteiger partial charge in [-0.1, -0.05) is 31.0 Å². The molecule has 7 nitrogen and oxygen atoms in total. The number of carbonyl (C=O) groups is 1. The van der Waals surface area contributed by atoms with E-state index in [1.165, 1.54) is 43.9 Å². The van der Waals surface area contributed by atoms with Crippen LogP contribution in [0.25, 0.3) is 11.5 Å². The van der Waals surface area contributed by atoms with Crippen LogP contribution in [0.3, 0.4) is 0 Å². The van der Waals surface area contributed by atoms with Gasteiger partial charge in [0, 0.05) is 18.2 Å². The Morgan fingerprint density at radius 3 is 2.52 bits per heavy atom. The Bertz CT molecular complexity index is 737. The van der Waals surface area contributed by atoms with Crippen molar-refractivity contribution in [2.24, 2.45) is 5.92 Å². The number of ether oxygens (including phenoxy) is 2. The van der Waals surface area contributed by atoms with E-state index in [-0.39, 0.29) is 11.7 Å². The summed E-state index contributed by atoms with van der Waals surface area (Å²) < 4.78 is 16.2. The van der Waals surface area contributed by atoms with E-state index in [0.717, 1.165) is 6.54 Å². The number of hydrogen-bond donors (Lipinski definition) is 1. The molecule has 0 saturated heterocycles. The van der Waals surface area contributed by atoms with Crippen LogP contribution in [-0.4, -0.2) is 42.6 Å². The topological polar surface area (TPSA) is 86.5 Å². The van der Waals surface area contributed by atoms with E-state index >= 15 is 0 Å². The van der Waals surface area contributed by atoms with Gasteiger partial charge in [0.1, 0.15) is 11.5 Å². The molecule has 0 spiro atoms. The monoisotopic (exact) mass is 391 g/mol. The molecular formula is C19H25N3O4S. The number of amides is 1. The highest BCUT2D eigenvalue weighted by molar-refractivity contribution is 7.99. The minimum absolute atomic E-state index is 0.00614. The summed E-state index contributed by atoms with van der Waals surface area (Å²) >= 11 is 1.24. The van der Waals surface area contributed by atoms with E-state index in [2.05, 4.69) is 15.5 Å². The summed E-state index contributed by atoms with van der Waals surface area (Å²) in [5.41, 5.74) is 0.701. The molecule has 0 aliphatic heterocycles. The van der Waals surface area contributed by atoms with Crippen LogP contribution >= 0.6 is 11.8 Å². The summed E-state index contributed by atoms with van der Waals surface area (Å²) in [6.07, 6.45) is 6.29. The van der Waals surface area contributed by atoms with Crippen molar-refractivity contribution in [3.8, 4) is 23.0 Å². The van der Waals surface area contributed by atoms with Gasteiger partial charge in [-0.05, 0) is 30.9 Å². The molecule has 3 rings (SSSR count). The van der Waals surface area contributed by atoms with Gasteiger partial charge in [-0.25, -0.2) is 0 Å². The maximum absolute atomic E-state index is 12.0. The Hall–Kier alpha value is -2.22. The van der Waals surface area contributed by atoms with Gasteiger partial charge in [-0.2, -0.15) is 0 Å². The number of carbonyl (C=O) groups excluding carboxylic acids is 1. The molecule has 0 atom stereocenters. The van der Waals surface area contributed by atoms with Gasteiger partial charge in [-0.15, -0.1) is 10.2 Å². The maximum atomic E-state index is 12.0. The fourth-order valence-electron chi connectivity index (χ4n) is 3.14. The third kappa shape index (κ3) is 5.63. The summed E-state index contributed by atoms with van der Waals surface area (Å²) in [6, 6.07) is 5.36. The highest BCUT2D eigenvalue weighted by atomic mass is 32.2. The minimum Gasteiger partial charge on any atom is -0.497 e. The van der Waals surface area contributed by atoms with Crippen molar-refractivity contribution in [2.75, 3.05) is 26.5 Å². The molecule has 1 aromatic heterocycles. The highest BCUT2D eigenvalue weighted by Crippen LogP contribution is 2.30. The first-order valence-electron chi connectivity index (χ1n) is 9.14. The number of benzene rings is 1. The molecule has 1 amide bonds. The van der Waals surface area contributed by atoms with Crippen molar-refractivity contribution in [1.82, 2.24) is 15.5 Å². The number of aromatic nitrogens is 2. The largest absolute Gasteiger partial charge is 0.497 e. The van der Waals surface area contributed by atoms with E-state index in [4.69, 9.17) is 13.9 Å². The van der Waals surface area contributed by atoms with Crippen molar-refractivity contribution < 1.29 is 18.7 Å². The SMILES string of the molecule is COc1cc(OC)cc(-c2nnc(SCC(=O)NCC3CCCCC3)o2)c1. The van der Waals surface area contributed by atoms with E-state index in [9.17, 15) is 4.79 Å². The second kappa shape index (κ2) is 9.64. The molecule has 1 fully saturated rings. The molecule has 1 saturated carbocycles. The Kier molecular flexibility index (Phi) is 6.98.